The summed E-state index contributed by atoms with van der Waals surface area (Å²) in [6.45, 7) is 1.92. The molecule has 2 aromatic rings. The SMILES string of the molecule is COc1ccc(C)cc1C(C#N)C(=O)c1ccccc1. The molecule has 100 valence electrons. The molecule has 20 heavy (non-hydrogen) atoms. The van der Waals surface area contributed by atoms with Crippen molar-refractivity contribution >= 4 is 5.78 Å². The molecular weight excluding hydrogens is 250 g/mol. The molecule has 0 aliphatic heterocycles. The Balaban J connectivity index is 2.46. The maximum absolute atomic E-state index is 12.5. The van der Waals surface area contributed by atoms with Crippen LogP contribution in [-0.2, 0) is 0 Å². The molecule has 3 heteroatoms. The van der Waals surface area contributed by atoms with E-state index in [1.807, 2.05) is 25.1 Å². The molecule has 3 nitrogen and oxygen atoms in total. The standard InChI is InChI=1S/C17H15NO2/c1-12-8-9-16(20-2)14(10-12)15(11-18)17(19)13-6-4-3-5-7-13/h3-10,15H,1-2H3. The van der Waals surface area contributed by atoms with Crippen molar-refractivity contribution in [1.29, 1.82) is 5.26 Å². The van der Waals surface area contributed by atoms with Gasteiger partial charge in [0.1, 0.15) is 11.7 Å². The molecular formula is C17H15NO2. The minimum absolute atomic E-state index is 0.211. The highest BCUT2D eigenvalue weighted by Crippen LogP contribution is 2.30. The monoisotopic (exact) mass is 265 g/mol. The van der Waals surface area contributed by atoms with Crippen molar-refractivity contribution < 1.29 is 9.53 Å². The average Bonchev–Trinajstić information content (AvgIpc) is 2.49. The molecule has 1 atom stereocenters. The van der Waals surface area contributed by atoms with Crippen LogP contribution in [0.25, 0.3) is 0 Å². The van der Waals surface area contributed by atoms with Gasteiger partial charge in [0.2, 0.25) is 0 Å². The highest BCUT2D eigenvalue weighted by atomic mass is 16.5. The smallest absolute Gasteiger partial charge is 0.184 e. The zero-order valence-electron chi connectivity index (χ0n) is 11.5. The molecule has 2 aromatic carbocycles. The normalized spacial score (nSPS) is 11.4. The molecule has 0 aromatic heterocycles. The number of ether oxygens (including phenoxy) is 1. The molecule has 0 saturated heterocycles. The largest absolute Gasteiger partial charge is 0.496 e. The fourth-order valence-corrected chi connectivity index (χ4v) is 2.12. The van der Waals surface area contributed by atoms with Crippen LogP contribution in [0.1, 0.15) is 27.4 Å². The van der Waals surface area contributed by atoms with Gasteiger partial charge in [0.15, 0.2) is 5.78 Å². The predicted molar refractivity (Wildman–Crippen MR) is 76.9 cm³/mol. The van der Waals surface area contributed by atoms with Crippen LogP contribution in [0.2, 0.25) is 0 Å². The second kappa shape index (κ2) is 6.03. The van der Waals surface area contributed by atoms with Crippen molar-refractivity contribution in [1.82, 2.24) is 0 Å². The van der Waals surface area contributed by atoms with Crippen LogP contribution in [-0.4, -0.2) is 12.9 Å². The lowest BCUT2D eigenvalue weighted by molar-refractivity contribution is 0.0978. The van der Waals surface area contributed by atoms with Crippen LogP contribution < -0.4 is 4.74 Å². The summed E-state index contributed by atoms with van der Waals surface area (Å²) in [4.78, 5) is 12.5. The zero-order chi connectivity index (χ0) is 14.5. The second-order valence-electron chi connectivity index (χ2n) is 4.54. The predicted octanol–water partition coefficient (Wildman–Crippen LogP) is 3.49. The van der Waals surface area contributed by atoms with Crippen LogP contribution in [0.3, 0.4) is 0 Å². The lowest BCUT2D eigenvalue weighted by Crippen LogP contribution is -2.12. The maximum Gasteiger partial charge on any atom is 0.184 e. The lowest BCUT2D eigenvalue weighted by atomic mass is 9.90. The number of hydrogen-bond acceptors (Lipinski definition) is 3. The molecule has 2 rings (SSSR count). The van der Waals surface area contributed by atoms with Crippen LogP contribution in [0, 0.1) is 18.3 Å². The lowest BCUT2D eigenvalue weighted by Gasteiger charge is -2.13. The Hall–Kier alpha value is -2.60. The number of carbonyl (C=O) groups is 1. The summed E-state index contributed by atoms with van der Waals surface area (Å²) < 4.78 is 5.27. The first-order chi connectivity index (χ1) is 9.67. The Morgan fingerprint density at radius 1 is 1.20 bits per heavy atom. The third-order valence-corrected chi connectivity index (χ3v) is 3.15. The number of benzene rings is 2. The van der Waals surface area contributed by atoms with Gasteiger partial charge in [0.25, 0.3) is 0 Å². The Bertz CT molecular complexity index is 656. The molecule has 0 heterocycles. The molecule has 0 spiro atoms. The highest BCUT2D eigenvalue weighted by Gasteiger charge is 2.24. The van der Waals surface area contributed by atoms with E-state index < -0.39 is 5.92 Å². The van der Waals surface area contributed by atoms with Gasteiger partial charge in [-0.15, -0.1) is 0 Å². The number of ketones is 1. The van der Waals surface area contributed by atoms with Crippen molar-refractivity contribution in [2.75, 3.05) is 7.11 Å². The topological polar surface area (TPSA) is 50.1 Å². The summed E-state index contributed by atoms with van der Waals surface area (Å²) in [5.41, 5.74) is 2.13. The number of carbonyl (C=O) groups excluding carboxylic acids is 1. The van der Waals surface area contributed by atoms with Crippen LogP contribution in [0.4, 0.5) is 0 Å². The number of nitriles is 1. The highest BCUT2D eigenvalue weighted by molar-refractivity contribution is 6.03. The van der Waals surface area contributed by atoms with Gasteiger partial charge < -0.3 is 4.74 Å². The average molecular weight is 265 g/mol. The number of methoxy groups -OCH3 is 1. The summed E-state index contributed by atoms with van der Waals surface area (Å²) in [6, 6.07) is 16.4. The van der Waals surface area contributed by atoms with Crippen LogP contribution >= 0.6 is 0 Å². The summed E-state index contributed by atoms with van der Waals surface area (Å²) in [6.07, 6.45) is 0. The third-order valence-electron chi connectivity index (χ3n) is 3.15. The summed E-state index contributed by atoms with van der Waals surface area (Å²) in [5, 5.41) is 9.40. The first-order valence-electron chi connectivity index (χ1n) is 6.30. The number of hydrogen-bond donors (Lipinski definition) is 0. The van der Waals surface area contributed by atoms with Crippen molar-refractivity contribution in [2.45, 2.75) is 12.8 Å². The Morgan fingerprint density at radius 3 is 2.50 bits per heavy atom. The molecule has 0 N–H and O–H groups in total. The molecule has 0 fully saturated rings. The molecule has 0 saturated carbocycles. The van der Waals surface area contributed by atoms with Crippen LogP contribution in [0.5, 0.6) is 5.75 Å². The van der Waals surface area contributed by atoms with Crippen molar-refractivity contribution in [3.05, 3.63) is 65.2 Å². The number of Topliss-reactive ketones (excluding diaryl/α,β-unsaturated/α-hetero) is 1. The fourth-order valence-electron chi connectivity index (χ4n) is 2.12. The van der Waals surface area contributed by atoms with Gasteiger partial charge in [0.05, 0.1) is 13.2 Å². The van der Waals surface area contributed by atoms with Gasteiger partial charge in [-0.1, -0.05) is 48.0 Å². The molecule has 0 aliphatic carbocycles. The van der Waals surface area contributed by atoms with E-state index in [-0.39, 0.29) is 5.78 Å². The summed E-state index contributed by atoms with van der Waals surface area (Å²) in [5.74, 6) is -0.504. The quantitative estimate of drug-likeness (QED) is 0.795. The molecule has 0 amide bonds. The van der Waals surface area contributed by atoms with Crippen molar-refractivity contribution in [3.63, 3.8) is 0 Å². The Labute approximate surface area is 118 Å². The van der Waals surface area contributed by atoms with E-state index >= 15 is 0 Å². The van der Waals surface area contributed by atoms with Gasteiger partial charge >= 0.3 is 0 Å². The van der Waals surface area contributed by atoms with E-state index in [0.717, 1.165) is 5.56 Å². The van der Waals surface area contributed by atoms with E-state index in [0.29, 0.717) is 16.9 Å². The number of aryl methyl sites for hydroxylation is 1. The van der Waals surface area contributed by atoms with E-state index in [1.54, 1.807) is 30.3 Å². The molecule has 1 unspecified atom stereocenters. The first kappa shape index (κ1) is 13.8. The second-order valence-corrected chi connectivity index (χ2v) is 4.54. The first-order valence-corrected chi connectivity index (χ1v) is 6.30. The van der Waals surface area contributed by atoms with E-state index in [4.69, 9.17) is 4.74 Å². The Kier molecular flexibility index (Phi) is 4.17. The minimum Gasteiger partial charge on any atom is -0.496 e. The molecule has 0 aliphatic rings. The molecule has 0 bridgehead atoms. The number of nitrogens with zero attached hydrogens (tertiary/aromatic N) is 1. The van der Waals surface area contributed by atoms with Gasteiger partial charge in [0, 0.05) is 11.1 Å². The minimum atomic E-state index is -0.854. The maximum atomic E-state index is 12.5. The molecule has 0 radical (unpaired) electrons. The Morgan fingerprint density at radius 2 is 1.90 bits per heavy atom. The zero-order valence-corrected chi connectivity index (χ0v) is 11.5. The third kappa shape index (κ3) is 2.70. The van der Waals surface area contributed by atoms with E-state index in [1.165, 1.54) is 7.11 Å². The fraction of sp³-hybridized carbons (Fsp3) is 0.176. The van der Waals surface area contributed by atoms with Gasteiger partial charge in [-0.2, -0.15) is 5.26 Å². The summed E-state index contributed by atoms with van der Waals surface area (Å²) >= 11 is 0. The van der Waals surface area contributed by atoms with Gasteiger partial charge in [-0.3, -0.25) is 4.79 Å². The van der Waals surface area contributed by atoms with Crippen molar-refractivity contribution in [2.24, 2.45) is 0 Å². The van der Waals surface area contributed by atoms with Crippen LogP contribution in [0.15, 0.2) is 48.5 Å². The van der Waals surface area contributed by atoms with Crippen molar-refractivity contribution in [3.8, 4) is 11.8 Å². The van der Waals surface area contributed by atoms with E-state index in [9.17, 15) is 10.1 Å². The number of rotatable bonds is 4. The van der Waals surface area contributed by atoms with Gasteiger partial charge in [-0.05, 0) is 13.0 Å². The summed E-state index contributed by atoms with van der Waals surface area (Å²) in [7, 11) is 1.54. The van der Waals surface area contributed by atoms with E-state index in [2.05, 4.69) is 6.07 Å². The van der Waals surface area contributed by atoms with Gasteiger partial charge in [-0.25, -0.2) is 0 Å².